The minimum Gasteiger partial charge on any atom is -0.506 e. The summed E-state index contributed by atoms with van der Waals surface area (Å²) in [5.41, 5.74) is 5.80. The van der Waals surface area contributed by atoms with E-state index in [1.165, 1.54) is 12.1 Å². The van der Waals surface area contributed by atoms with Crippen molar-refractivity contribution in [2.75, 3.05) is 5.73 Å². The number of aliphatic hydroxyl groups is 1. The average Bonchev–Trinajstić information content (AvgIpc) is 2.30. The van der Waals surface area contributed by atoms with Crippen molar-refractivity contribution >= 4 is 11.4 Å². The number of benzene rings is 1. The molecule has 0 saturated heterocycles. The second kappa shape index (κ2) is 4.94. The Balaban J connectivity index is 3.15. The topological polar surface area (TPSA) is 95.9 Å². The number of nitrogens with two attached hydrogens (primary N) is 1. The summed E-state index contributed by atoms with van der Waals surface area (Å²) < 4.78 is 0. The Morgan fingerprint density at radius 1 is 1.50 bits per heavy atom. The van der Waals surface area contributed by atoms with Crippen LogP contribution >= 0.6 is 0 Å². The maximum atomic E-state index is 10.5. The molecule has 5 nitrogen and oxygen atoms in total. The van der Waals surface area contributed by atoms with Crippen LogP contribution in [0.3, 0.4) is 0 Å². The van der Waals surface area contributed by atoms with Crippen molar-refractivity contribution < 1.29 is 10.2 Å². The largest absolute Gasteiger partial charge is 0.506 e. The maximum absolute atomic E-state index is 10.5. The molecule has 0 bridgehead atoms. The molecule has 5 heteroatoms. The molecular formula is C11H16N2O3. The Morgan fingerprint density at radius 2 is 2.12 bits per heavy atom. The van der Waals surface area contributed by atoms with Crippen LogP contribution in [0.4, 0.5) is 11.4 Å². The molecule has 1 rings (SSSR count). The number of aliphatic hydroxyl groups excluding tert-OH is 1. The number of nitrogen functional groups attached to an aromatic ring is 1. The number of nitrogens with zero attached hydrogens (tertiary/aromatic N) is 1. The number of phenols is 1. The quantitative estimate of drug-likeness (QED) is 0.416. The molecule has 0 aliphatic carbocycles. The van der Waals surface area contributed by atoms with Crippen LogP contribution in [0.1, 0.15) is 31.9 Å². The van der Waals surface area contributed by atoms with E-state index in [2.05, 4.69) is 5.18 Å². The van der Waals surface area contributed by atoms with E-state index in [0.717, 1.165) is 6.42 Å². The van der Waals surface area contributed by atoms with Gasteiger partial charge in [-0.3, -0.25) is 0 Å². The fourth-order valence-electron chi connectivity index (χ4n) is 1.44. The van der Waals surface area contributed by atoms with Crippen molar-refractivity contribution in [3.8, 4) is 5.75 Å². The first-order chi connectivity index (χ1) is 7.51. The van der Waals surface area contributed by atoms with Crippen LogP contribution in [0.5, 0.6) is 5.75 Å². The molecule has 4 N–H and O–H groups in total. The highest BCUT2D eigenvalue weighted by molar-refractivity contribution is 5.71. The fraction of sp³-hybridized carbons (Fsp3) is 0.455. The molecule has 88 valence electrons. The van der Waals surface area contributed by atoms with Gasteiger partial charge in [-0.2, -0.15) is 0 Å². The van der Waals surface area contributed by atoms with Gasteiger partial charge in [0.05, 0.1) is 6.10 Å². The van der Waals surface area contributed by atoms with E-state index in [-0.39, 0.29) is 23.0 Å². The first-order valence-corrected chi connectivity index (χ1v) is 5.15. The third kappa shape index (κ3) is 2.30. The van der Waals surface area contributed by atoms with Gasteiger partial charge in [0, 0.05) is 0 Å². The van der Waals surface area contributed by atoms with E-state index in [4.69, 9.17) is 5.73 Å². The Morgan fingerprint density at radius 3 is 2.62 bits per heavy atom. The molecule has 0 heterocycles. The zero-order chi connectivity index (χ0) is 12.3. The van der Waals surface area contributed by atoms with E-state index >= 15 is 0 Å². The predicted molar refractivity (Wildman–Crippen MR) is 62.4 cm³/mol. The highest BCUT2D eigenvalue weighted by Gasteiger charge is 2.18. The van der Waals surface area contributed by atoms with Crippen LogP contribution in [0, 0.1) is 10.8 Å². The van der Waals surface area contributed by atoms with Crippen LogP contribution in [-0.2, 0) is 0 Å². The van der Waals surface area contributed by atoms with Gasteiger partial charge in [-0.15, -0.1) is 4.91 Å². The number of aromatic hydroxyl groups is 1. The predicted octanol–water partition coefficient (Wildman–Crippen LogP) is 2.45. The molecule has 2 unspecified atom stereocenters. The number of rotatable bonds is 4. The molecule has 0 aliphatic heterocycles. The number of hydrogen-bond acceptors (Lipinski definition) is 5. The Kier molecular flexibility index (Phi) is 3.84. The lowest BCUT2D eigenvalue weighted by Crippen LogP contribution is -2.08. The van der Waals surface area contributed by atoms with Gasteiger partial charge < -0.3 is 15.9 Å². The molecule has 1 aromatic rings. The SMILES string of the molecule is CCC(C)C(O)c1cc(O)c(N)c(N=O)c1. The first kappa shape index (κ1) is 12.4. The summed E-state index contributed by atoms with van der Waals surface area (Å²) in [6, 6.07) is 2.76. The minimum absolute atomic E-state index is 0.0301. The summed E-state index contributed by atoms with van der Waals surface area (Å²) in [6.45, 7) is 3.83. The molecule has 2 atom stereocenters. The molecule has 0 saturated carbocycles. The number of hydrogen-bond donors (Lipinski definition) is 3. The van der Waals surface area contributed by atoms with Gasteiger partial charge in [0.15, 0.2) is 0 Å². The molecule has 0 amide bonds. The van der Waals surface area contributed by atoms with Gasteiger partial charge in [0.1, 0.15) is 17.1 Å². The maximum Gasteiger partial charge on any atom is 0.141 e. The van der Waals surface area contributed by atoms with Gasteiger partial charge in [0.2, 0.25) is 0 Å². The van der Waals surface area contributed by atoms with Crippen molar-refractivity contribution in [1.29, 1.82) is 0 Å². The molecular weight excluding hydrogens is 208 g/mol. The standard InChI is InChI=1S/C11H16N2O3/c1-3-6(2)11(15)7-4-8(13-16)10(12)9(14)5-7/h4-6,11,14-15H,3,12H2,1-2H3. The summed E-state index contributed by atoms with van der Waals surface area (Å²) in [5.74, 6) is -0.197. The van der Waals surface area contributed by atoms with Crippen LogP contribution in [0.15, 0.2) is 17.3 Å². The summed E-state index contributed by atoms with van der Waals surface area (Å²) in [6.07, 6.45) is 0.0490. The molecule has 0 aromatic heterocycles. The van der Waals surface area contributed by atoms with Crippen molar-refractivity contribution in [3.63, 3.8) is 0 Å². The molecule has 0 radical (unpaired) electrons. The lowest BCUT2D eigenvalue weighted by atomic mass is 9.94. The smallest absolute Gasteiger partial charge is 0.141 e. The minimum atomic E-state index is -0.739. The normalized spacial score (nSPS) is 14.4. The molecule has 16 heavy (non-hydrogen) atoms. The Labute approximate surface area is 93.9 Å². The highest BCUT2D eigenvalue weighted by Crippen LogP contribution is 2.36. The summed E-state index contributed by atoms with van der Waals surface area (Å²) >= 11 is 0. The fourth-order valence-corrected chi connectivity index (χ4v) is 1.44. The second-order valence-corrected chi connectivity index (χ2v) is 3.89. The molecule has 1 aromatic carbocycles. The van der Waals surface area contributed by atoms with Gasteiger partial charge in [-0.1, -0.05) is 20.3 Å². The van der Waals surface area contributed by atoms with E-state index < -0.39 is 6.10 Å². The average molecular weight is 224 g/mol. The van der Waals surface area contributed by atoms with Crippen LogP contribution < -0.4 is 5.73 Å². The van der Waals surface area contributed by atoms with Gasteiger partial charge in [0.25, 0.3) is 0 Å². The van der Waals surface area contributed by atoms with Crippen molar-refractivity contribution in [2.45, 2.75) is 26.4 Å². The summed E-state index contributed by atoms with van der Waals surface area (Å²) in [4.78, 5) is 10.5. The summed E-state index contributed by atoms with van der Waals surface area (Å²) in [5, 5.41) is 22.1. The van der Waals surface area contributed by atoms with Crippen LogP contribution in [0.25, 0.3) is 0 Å². The third-order valence-corrected chi connectivity index (χ3v) is 2.78. The van der Waals surface area contributed by atoms with E-state index in [1.54, 1.807) is 0 Å². The van der Waals surface area contributed by atoms with Crippen molar-refractivity contribution in [2.24, 2.45) is 11.1 Å². The zero-order valence-corrected chi connectivity index (χ0v) is 9.34. The summed E-state index contributed by atoms with van der Waals surface area (Å²) in [7, 11) is 0. The lowest BCUT2D eigenvalue weighted by molar-refractivity contribution is 0.115. The first-order valence-electron chi connectivity index (χ1n) is 5.15. The number of nitroso groups, excluding NO2 is 1. The third-order valence-electron chi connectivity index (χ3n) is 2.78. The molecule has 0 aliphatic rings. The Bertz CT molecular complexity index is 393. The lowest BCUT2D eigenvalue weighted by Gasteiger charge is -2.18. The molecule has 0 fully saturated rings. The zero-order valence-electron chi connectivity index (χ0n) is 9.34. The highest BCUT2D eigenvalue weighted by atomic mass is 16.3. The van der Waals surface area contributed by atoms with E-state index in [0.29, 0.717) is 5.56 Å². The van der Waals surface area contributed by atoms with E-state index in [9.17, 15) is 15.1 Å². The number of anilines is 1. The monoisotopic (exact) mass is 224 g/mol. The van der Waals surface area contributed by atoms with Gasteiger partial charge in [-0.05, 0) is 28.8 Å². The van der Waals surface area contributed by atoms with Crippen LogP contribution in [0.2, 0.25) is 0 Å². The van der Waals surface area contributed by atoms with Crippen LogP contribution in [-0.4, -0.2) is 10.2 Å². The van der Waals surface area contributed by atoms with Gasteiger partial charge in [-0.25, -0.2) is 0 Å². The molecule has 0 spiro atoms. The van der Waals surface area contributed by atoms with Crippen molar-refractivity contribution in [3.05, 3.63) is 22.6 Å². The van der Waals surface area contributed by atoms with Crippen molar-refractivity contribution in [1.82, 2.24) is 0 Å². The van der Waals surface area contributed by atoms with E-state index in [1.807, 2.05) is 13.8 Å². The number of phenolic OH excluding ortho intramolecular Hbond substituents is 1. The second-order valence-electron chi connectivity index (χ2n) is 3.89. The Hall–Kier alpha value is -1.62. The van der Waals surface area contributed by atoms with Gasteiger partial charge >= 0.3 is 0 Å².